The van der Waals surface area contributed by atoms with E-state index in [0.717, 1.165) is 82.7 Å². The zero-order chi connectivity index (χ0) is 21.8. The largest absolute Gasteiger partial charge is 0.382 e. The van der Waals surface area contributed by atoms with E-state index >= 15 is 0 Å². The Morgan fingerprint density at radius 2 is 1.77 bits per heavy atom. The summed E-state index contributed by atoms with van der Waals surface area (Å²) < 4.78 is 5.43. The van der Waals surface area contributed by atoms with Gasteiger partial charge in [0.1, 0.15) is 0 Å². The van der Waals surface area contributed by atoms with Gasteiger partial charge >= 0.3 is 0 Å². The maximum atomic E-state index is 13.0. The van der Waals surface area contributed by atoms with Gasteiger partial charge in [-0.1, -0.05) is 6.92 Å². The molecule has 0 aromatic rings. The van der Waals surface area contributed by atoms with Crippen LogP contribution < -0.4 is 10.6 Å². The van der Waals surface area contributed by atoms with Gasteiger partial charge in [0.25, 0.3) is 0 Å². The van der Waals surface area contributed by atoms with E-state index in [1.54, 1.807) is 0 Å². The van der Waals surface area contributed by atoms with Crippen molar-refractivity contribution in [2.45, 2.75) is 77.7 Å². The smallest absolute Gasteiger partial charge is 0.226 e. The number of rotatable bonds is 10. The second kappa shape index (κ2) is 10.2. The second-order valence-electron chi connectivity index (χ2n) is 11.0. The zero-order valence-electron chi connectivity index (χ0n) is 19.7. The molecule has 2 amide bonds. The fourth-order valence-electron chi connectivity index (χ4n) is 7.33. The Morgan fingerprint density at radius 3 is 2.39 bits per heavy atom. The Kier molecular flexibility index (Phi) is 7.58. The number of carbonyl (C=O) groups is 2. The van der Waals surface area contributed by atoms with Crippen LogP contribution in [-0.2, 0) is 14.3 Å². The molecule has 1 saturated heterocycles. The van der Waals surface area contributed by atoms with Crippen molar-refractivity contribution in [1.29, 1.82) is 0 Å². The molecular formula is C25H43N3O3. The van der Waals surface area contributed by atoms with Crippen LogP contribution in [0.3, 0.4) is 0 Å². The Balaban J connectivity index is 1.14. The van der Waals surface area contributed by atoms with Gasteiger partial charge in [0.2, 0.25) is 11.8 Å². The first kappa shape index (κ1) is 23.0. The SMILES string of the molecule is CCOCCCN1CCC(NC(=O)CCNC(=O)C23CC4CC(CC(C4)C2)C3)C(C)C1. The van der Waals surface area contributed by atoms with Crippen molar-refractivity contribution in [3.8, 4) is 0 Å². The van der Waals surface area contributed by atoms with Gasteiger partial charge in [-0.15, -0.1) is 0 Å². The minimum absolute atomic E-state index is 0.0763. The maximum absolute atomic E-state index is 13.0. The van der Waals surface area contributed by atoms with Crippen LogP contribution in [0.15, 0.2) is 0 Å². The highest BCUT2D eigenvalue weighted by Crippen LogP contribution is 2.60. The molecule has 0 radical (unpaired) electrons. The predicted octanol–water partition coefficient (Wildman–Crippen LogP) is 2.96. The Hall–Kier alpha value is -1.14. The van der Waals surface area contributed by atoms with E-state index in [2.05, 4.69) is 22.5 Å². The van der Waals surface area contributed by atoms with Crippen molar-refractivity contribution in [1.82, 2.24) is 15.5 Å². The molecule has 4 saturated carbocycles. The number of likely N-dealkylation sites (tertiary alicyclic amines) is 1. The van der Waals surface area contributed by atoms with E-state index in [-0.39, 0.29) is 23.3 Å². The van der Waals surface area contributed by atoms with E-state index in [0.29, 0.717) is 18.9 Å². The van der Waals surface area contributed by atoms with Gasteiger partial charge in [-0.05, 0) is 82.0 Å². The molecule has 6 nitrogen and oxygen atoms in total. The summed E-state index contributed by atoms with van der Waals surface area (Å²) in [4.78, 5) is 28.0. The van der Waals surface area contributed by atoms with Gasteiger partial charge < -0.3 is 20.3 Å². The van der Waals surface area contributed by atoms with Crippen LogP contribution in [0.1, 0.15) is 71.6 Å². The first-order chi connectivity index (χ1) is 15.0. The molecule has 0 spiro atoms. The number of nitrogens with zero attached hydrogens (tertiary/aromatic N) is 1. The molecule has 1 aliphatic heterocycles. The first-order valence-corrected chi connectivity index (χ1v) is 12.8. The molecule has 5 aliphatic rings. The summed E-state index contributed by atoms with van der Waals surface area (Å²) in [6.45, 7) is 9.48. The minimum Gasteiger partial charge on any atom is -0.382 e. The summed E-state index contributed by atoms with van der Waals surface area (Å²) in [5, 5.41) is 6.37. The molecule has 6 heteroatoms. The normalized spacial score (nSPS) is 37.0. The third kappa shape index (κ3) is 5.62. The summed E-state index contributed by atoms with van der Waals surface area (Å²) in [6.07, 6.45) is 9.74. The van der Waals surface area contributed by atoms with Crippen LogP contribution in [0.25, 0.3) is 0 Å². The number of nitrogens with one attached hydrogen (secondary N) is 2. The van der Waals surface area contributed by atoms with Crippen molar-refractivity contribution in [2.24, 2.45) is 29.1 Å². The summed E-state index contributed by atoms with van der Waals surface area (Å²) in [5.41, 5.74) is -0.116. The Labute approximate surface area is 188 Å². The van der Waals surface area contributed by atoms with Crippen molar-refractivity contribution < 1.29 is 14.3 Å². The molecule has 2 unspecified atom stereocenters. The van der Waals surface area contributed by atoms with E-state index in [1.807, 2.05) is 6.92 Å². The van der Waals surface area contributed by atoms with Gasteiger partial charge in [-0.25, -0.2) is 0 Å². The van der Waals surface area contributed by atoms with Crippen LogP contribution in [-0.4, -0.2) is 62.1 Å². The van der Waals surface area contributed by atoms with Crippen LogP contribution >= 0.6 is 0 Å². The molecule has 0 aromatic carbocycles. The Bertz CT molecular complexity index is 602. The summed E-state index contributed by atoms with van der Waals surface area (Å²) in [7, 11) is 0. The molecular weight excluding hydrogens is 390 g/mol. The lowest BCUT2D eigenvalue weighted by molar-refractivity contribution is -0.146. The molecule has 31 heavy (non-hydrogen) atoms. The van der Waals surface area contributed by atoms with Crippen LogP contribution in [0.2, 0.25) is 0 Å². The monoisotopic (exact) mass is 433 g/mol. The molecule has 5 rings (SSSR count). The van der Waals surface area contributed by atoms with Crippen LogP contribution in [0.4, 0.5) is 0 Å². The van der Waals surface area contributed by atoms with Gasteiger partial charge in [0, 0.05) is 57.3 Å². The molecule has 4 aliphatic carbocycles. The topological polar surface area (TPSA) is 70.7 Å². The quantitative estimate of drug-likeness (QED) is 0.520. The standard InChI is InChI=1S/C25H43N3O3/c1-3-31-10-4-8-28-9-6-22(18(2)17-28)27-23(29)5-7-26-24(30)25-14-19-11-20(15-25)13-21(12-19)16-25/h18-22H,3-17H2,1-2H3,(H,26,30)(H,27,29). The summed E-state index contributed by atoms with van der Waals surface area (Å²) >= 11 is 0. The third-order valence-corrected chi connectivity index (χ3v) is 8.46. The zero-order valence-corrected chi connectivity index (χ0v) is 19.7. The summed E-state index contributed by atoms with van der Waals surface area (Å²) in [6, 6.07) is 0.245. The lowest BCUT2D eigenvalue weighted by Crippen LogP contribution is -2.54. The van der Waals surface area contributed by atoms with E-state index in [4.69, 9.17) is 4.74 Å². The number of piperidine rings is 1. The lowest BCUT2D eigenvalue weighted by Gasteiger charge is -2.55. The van der Waals surface area contributed by atoms with Crippen LogP contribution in [0.5, 0.6) is 0 Å². The van der Waals surface area contributed by atoms with Gasteiger partial charge in [0.15, 0.2) is 0 Å². The maximum Gasteiger partial charge on any atom is 0.226 e. The third-order valence-electron chi connectivity index (χ3n) is 8.46. The van der Waals surface area contributed by atoms with Gasteiger partial charge in [-0.3, -0.25) is 9.59 Å². The molecule has 2 N–H and O–H groups in total. The fraction of sp³-hybridized carbons (Fsp3) is 0.920. The molecule has 2 atom stereocenters. The van der Waals surface area contributed by atoms with Crippen molar-refractivity contribution in [3.63, 3.8) is 0 Å². The first-order valence-electron chi connectivity index (χ1n) is 12.8. The number of hydrogen-bond donors (Lipinski definition) is 2. The lowest BCUT2D eigenvalue weighted by atomic mass is 9.49. The molecule has 0 aromatic heterocycles. The molecule has 5 fully saturated rings. The Morgan fingerprint density at radius 1 is 1.10 bits per heavy atom. The highest BCUT2D eigenvalue weighted by molar-refractivity contribution is 5.84. The van der Waals surface area contributed by atoms with Crippen molar-refractivity contribution >= 4 is 11.8 Å². The highest BCUT2D eigenvalue weighted by atomic mass is 16.5. The number of carbonyl (C=O) groups excluding carboxylic acids is 2. The van der Waals surface area contributed by atoms with E-state index in [1.165, 1.54) is 19.3 Å². The average molecular weight is 434 g/mol. The predicted molar refractivity (Wildman–Crippen MR) is 121 cm³/mol. The number of hydrogen-bond acceptors (Lipinski definition) is 4. The fourth-order valence-corrected chi connectivity index (χ4v) is 7.33. The molecule has 4 bridgehead atoms. The van der Waals surface area contributed by atoms with Gasteiger partial charge in [-0.2, -0.15) is 0 Å². The van der Waals surface area contributed by atoms with E-state index < -0.39 is 0 Å². The summed E-state index contributed by atoms with van der Waals surface area (Å²) in [5.74, 6) is 3.07. The number of amides is 2. The van der Waals surface area contributed by atoms with Crippen LogP contribution in [0, 0.1) is 29.1 Å². The highest BCUT2D eigenvalue weighted by Gasteiger charge is 2.54. The van der Waals surface area contributed by atoms with Crippen molar-refractivity contribution in [3.05, 3.63) is 0 Å². The van der Waals surface area contributed by atoms with Gasteiger partial charge in [0.05, 0.1) is 0 Å². The second-order valence-corrected chi connectivity index (χ2v) is 11.0. The van der Waals surface area contributed by atoms with E-state index in [9.17, 15) is 9.59 Å². The average Bonchev–Trinajstić information content (AvgIpc) is 2.72. The minimum atomic E-state index is -0.116. The number of ether oxygens (including phenoxy) is 1. The van der Waals surface area contributed by atoms with Crippen molar-refractivity contribution in [2.75, 3.05) is 39.4 Å². The molecule has 176 valence electrons. The molecule has 1 heterocycles.